The Morgan fingerprint density at radius 1 is 1.15 bits per heavy atom. The zero-order valence-electron chi connectivity index (χ0n) is 24.6. The van der Waals surface area contributed by atoms with Crippen molar-refractivity contribution in [1.82, 2.24) is 9.97 Å². The Morgan fingerprint density at radius 2 is 1.85 bits per heavy atom. The minimum Gasteiger partial charge on any atom is -0.492 e. The van der Waals surface area contributed by atoms with E-state index in [0.717, 1.165) is 42.7 Å². The summed E-state index contributed by atoms with van der Waals surface area (Å²) in [5.41, 5.74) is 3.65. The molecule has 0 saturated carbocycles. The fourth-order valence-corrected chi connectivity index (χ4v) is 5.28. The van der Waals surface area contributed by atoms with Gasteiger partial charge in [-0.2, -0.15) is 0 Å². The van der Waals surface area contributed by atoms with Gasteiger partial charge in [-0.05, 0) is 81.8 Å². The number of carboxylic acids is 1. The maximum Gasteiger partial charge on any atom is 0.337 e. The molecule has 1 N–H and O–H groups in total. The number of rotatable bonds is 9. The molecule has 0 spiro atoms. The third kappa shape index (κ3) is 7.95. The van der Waals surface area contributed by atoms with Crippen LogP contribution in [0.25, 0.3) is 11.3 Å². The van der Waals surface area contributed by atoms with E-state index in [0.29, 0.717) is 40.8 Å². The van der Waals surface area contributed by atoms with Crippen molar-refractivity contribution in [2.75, 3.05) is 24.6 Å². The lowest BCUT2D eigenvalue weighted by Crippen LogP contribution is -2.39. The number of pyridine rings is 2. The van der Waals surface area contributed by atoms with Crippen molar-refractivity contribution in [3.8, 4) is 17.0 Å². The number of aryl methyl sites for hydroxylation is 1. The molecule has 1 aliphatic rings. The summed E-state index contributed by atoms with van der Waals surface area (Å²) in [5, 5.41) is 10.6. The van der Waals surface area contributed by atoms with E-state index >= 15 is 0 Å². The van der Waals surface area contributed by atoms with Crippen molar-refractivity contribution in [2.24, 2.45) is 5.41 Å². The van der Waals surface area contributed by atoms with Crippen molar-refractivity contribution >= 4 is 23.3 Å². The van der Waals surface area contributed by atoms with E-state index < -0.39 is 17.7 Å². The van der Waals surface area contributed by atoms with Gasteiger partial charge in [0.15, 0.2) is 6.10 Å². The van der Waals surface area contributed by atoms with Gasteiger partial charge in [-0.15, -0.1) is 0 Å². The molecule has 0 bridgehead atoms. The Morgan fingerprint density at radius 3 is 2.44 bits per heavy atom. The van der Waals surface area contributed by atoms with Crippen molar-refractivity contribution < 1.29 is 23.8 Å². The molecule has 1 saturated heterocycles. The zero-order chi connectivity index (χ0) is 29.9. The highest BCUT2D eigenvalue weighted by Crippen LogP contribution is 2.43. The fraction of sp³-hybridized carbons (Fsp3) is 0.469. The highest BCUT2D eigenvalue weighted by Gasteiger charge is 2.36. The highest BCUT2D eigenvalue weighted by molar-refractivity contribution is 6.30. The number of piperidine rings is 1. The van der Waals surface area contributed by atoms with E-state index in [1.54, 1.807) is 18.5 Å². The normalized spacial score (nSPS) is 16.0. The van der Waals surface area contributed by atoms with Crippen LogP contribution in [0.2, 0.25) is 5.02 Å². The van der Waals surface area contributed by atoms with Crippen LogP contribution < -0.4 is 9.64 Å². The quantitative estimate of drug-likeness (QED) is 0.280. The van der Waals surface area contributed by atoms with Gasteiger partial charge in [-0.3, -0.25) is 9.97 Å². The first kappa shape index (κ1) is 30.7. The molecule has 0 radical (unpaired) electrons. The third-order valence-electron chi connectivity index (χ3n) is 7.27. The molecule has 1 unspecified atom stereocenters. The smallest absolute Gasteiger partial charge is 0.337 e. The average molecular weight is 584 g/mol. The zero-order valence-corrected chi connectivity index (χ0v) is 25.4. The molecule has 1 aliphatic heterocycles. The Kier molecular flexibility index (Phi) is 9.24. The van der Waals surface area contributed by atoms with E-state index in [-0.39, 0.29) is 11.2 Å². The molecule has 220 valence electrons. The second-order valence-electron chi connectivity index (χ2n) is 12.4. The lowest BCUT2D eigenvalue weighted by Gasteiger charge is -2.40. The Hall–Kier alpha value is -3.23. The predicted octanol–water partition coefficient (Wildman–Crippen LogP) is 7.43. The molecule has 1 fully saturated rings. The maximum atomic E-state index is 13.6. The maximum absolute atomic E-state index is 13.6. The molecule has 2 aromatic heterocycles. The number of benzene rings is 1. The summed E-state index contributed by atoms with van der Waals surface area (Å²) in [5.74, 6) is -0.871. The first-order valence-corrected chi connectivity index (χ1v) is 14.3. The van der Waals surface area contributed by atoms with Crippen LogP contribution in [-0.4, -0.2) is 46.3 Å². The molecule has 1 atom stereocenters. The summed E-state index contributed by atoms with van der Waals surface area (Å²) < 4.78 is 25.6. The minimum absolute atomic E-state index is 0.209. The van der Waals surface area contributed by atoms with Crippen LogP contribution in [0.5, 0.6) is 5.75 Å². The van der Waals surface area contributed by atoms with Crippen LogP contribution in [0.15, 0.2) is 42.7 Å². The number of carboxylic acid groups (broad SMARTS) is 1. The van der Waals surface area contributed by atoms with Crippen LogP contribution in [0.3, 0.4) is 0 Å². The number of halogens is 2. The Labute approximate surface area is 246 Å². The number of nitrogens with zero attached hydrogens (tertiary/aromatic N) is 3. The molecule has 3 heterocycles. The van der Waals surface area contributed by atoms with E-state index in [1.165, 1.54) is 12.1 Å². The van der Waals surface area contributed by atoms with Gasteiger partial charge in [-0.25, -0.2) is 9.18 Å². The van der Waals surface area contributed by atoms with E-state index in [2.05, 4.69) is 28.7 Å². The van der Waals surface area contributed by atoms with Crippen LogP contribution in [0.1, 0.15) is 70.4 Å². The SMILES string of the molecule is Cc1ncc(-c2ccc(OCCc3cc(F)cc(Cl)c3)cn2)c(N2CCC(C)(C)CC2)c1C(OC(C)(C)C)C(=O)O. The summed E-state index contributed by atoms with van der Waals surface area (Å²) in [4.78, 5) is 24.1. The number of ether oxygens (including phenoxy) is 2. The first-order valence-electron chi connectivity index (χ1n) is 13.9. The summed E-state index contributed by atoms with van der Waals surface area (Å²) in [6, 6.07) is 8.10. The summed E-state index contributed by atoms with van der Waals surface area (Å²) >= 11 is 5.95. The fourth-order valence-electron chi connectivity index (χ4n) is 5.04. The molecule has 7 nitrogen and oxygen atoms in total. The molecular weight excluding hydrogens is 545 g/mol. The van der Waals surface area contributed by atoms with Crippen LogP contribution in [-0.2, 0) is 16.0 Å². The molecule has 3 aromatic rings. The average Bonchev–Trinajstić information content (AvgIpc) is 2.87. The number of aliphatic carboxylic acids is 1. The Balaban J connectivity index is 1.66. The first-order chi connectivity index (χ1) is 19.2. The van der Waals surface area contributed by atoms with Crippen molar-refractivity contribution in [1.29, 1.82) is 0 Å². The summed E-state index contributed by atoms with van der Waals surface area (Å²) in [6.07, 6.45) is 4.65. The molecular formula is C32H39ClFN3O4. The third-order valence-corrected chi connectivity index (χ3v) is 7.49. The van der Waals surface area contributed by atoms with Gasteiger partial charge < -0.3 is 19.5 Å². The Bertz CT molecular complexity index is 1360. The number of anilines is 1. The van der Waals surface area contributed by atoms with Crippen LogP contribution in [0, 0.1) is 18.2 Å². The molecule has 4 rings (SSSR count). The largest absolute Gasteiger partial charge is 0.492 e. The standard InChI is InChI=1S/C32H39ClFN3O4/c1-20-27(29(30(38)39)41-31(2,3)4)28(37-12-10-32(5,6)11-13-37)25(19-35-20)26-8-7-24(18-36-26)40-14-9-21-15-22(33)17-23(34)16-21/h7-8,15-19,29H,9-14H2,1-6H3,(H,38,39). The molecule has 9 heteroatoms. The highest BCUT2D eigenvalue weighted by atomic mass is 35.5. The second-order valence-corrected chi connectivity index (χ2v) is 12.8. The lowest BCUT2D eigenvalue weighted by molar-refractivity contribution is -0.160. The van der Waals surface area contributed by atoms with Crippen molar-refractivity contribution in [3.63, 3.8) is 0 Å². The topological polar surface area (TPSA) is 84.8 Å². The van der Waals surface area contributed by atoms with Crippen LogP contribution >= 0.6 is 11.6 Å². The van der Waals surface area contributed by atoms with Gasteiger partial charge in [0.05, 0.1) is 29.8 Å². The summed E-state index contributed by atoms with van der Waals surface area (Å²) in [6.45, 7) is 13.8. The number of hydrogen-bond acceptors (Lipinski definition) is 6. The second kappa shape index (κ2) is 12.3. The van der Waals surface area contributed by atoms with Gasteiger partial charge in [0, 0.05) is 47.6 Å². The van der Waals surface area contributed by atoms with Crippen LogP contribution in [0.4, 0.5) is 10.1 Å². The van der Waals surface area contributed by atoms with Gasteiger partial charge in [-0.1, -0.05) is 25.4 Å². The van der Waals surface area contributed by atoms with Gasteiger partial charge >= 0.3 is 5.97 Å². The van der Waals surface area contributed by atoms with Gasteiger partial charge in [0.2, 0.25) is 0 Å². The number of carbonyl (C=O) groups is 1. The monoisotopic (exact) mass is 583 g/mol. The molecule has 0 amide bonds. The minimum atomic E-state index is -1.19. The van der Waals surface area contributed by atoms with E-state index in [4.69, 9.17) is 21.1 Å². The lowest BCUT2D eigenvalue weighted by atomic mass is 9.82. The van der Waals surface area contributed by atoms with E-state index in [9.17, 15) is 14.3 Å². The number of hydrogen-bond donors (Lipinski definition) is 1. The van der Waals surface area contributed by atoms with Crippen molar-refractivity contribution in [2.45, 2.75) is 72.5 Å². The van der Waals surface area contributed by atoms with Crippen molar-refractivity contribution in [3.05, 3.63) is 70.4 Å². The number of aromatic nitrogens is 2. The molecule has 0 aliphatic carbocycles. The predicted molar refractivity (Wildman–Crippen MR) is 159 cm³/mol. The molecule has 1 aromatic carbocycles. The van der Waals surface area contributed by atoms with E-state index in [1.807, 2.05) is 39.8 Å². The molecule has 41 heavy (non-hydrogen) atoms. The van der Waals surface area contributed by atoms with Gasteiger partial charge in [0.1, 0.15) is 11.6 Å². The summed E-state index contributed by atoms with van der Waals surface area (Å²) in [7, 11) is 0. The van der Waals surface area contributed by atoms with Gasteiger partial charge in [0.25, 0.3) is 0 Å².